The molecule has 4 rings (SSSR count). The van der Waals surface area contributed by atoms with Crippen LogP contribution in [0.3, 0.4) is 0 Å². The summed E-state index contributed by atoms with van der Waals surface area (Å²) in [7, 11) is 1.94. The Bertz CT molecular complexity index is 975. The number of rotatable bonds is 4. The summed E-state index contributed by atoms with van der Waals surface area (Å²) in [5.41, 5.74) is 5.01. The van der Waals surface area contributed by atoms with E-state index in [2.05, 4.69) is 19.6 Å². The summed E-state index contributed by atoms with van der Waals surface area (Å²) in [6.45, 7) is 4.41. The van der Waals surface area contributed by atoms with Crippen LogP contribution in [-0.4, -0.2) is 37.3 Å². The molecule has 1 aromatic carbocycles. The first-order chi connectivity index (χ1) is 13.3. The fraction of sp³-hybridized carbons (Fsp3) is 0.368. The third-order valence-corrected chi connectivity index (χ3v) is 5.00. The Morgan fingerprint density at radius 3 is 2.61 bits per heavy atom. The zero-order valence-corrected chi connectivity index (χ0v) is 15.5. The fourth-order valence-electron chi connectivity index (χ4n) is 3.51. The maximum Gasteiger partial charge on any atom is 0.573 e. The van der Waals surface area contributed by atoms with Gasteiger partial charge in [-0.25, -0.2) is 9.97 Å². The smallest absolute Gasteiger partial charge is 0.406 e. The van der Waals surface area contributed by atoms with Crippen molar-refractivity contribution in [3.63, 3.8) is 0 Å². The molecule has 1 aliphatic heterocycles. The van der Waals surface area contributed by atoms with E-state index in [1.807, 2.05) is 18.5 Å². The Labute approximate surface area is 160 Å². The maximum atomic E-state index is 12.3. The third-order valence-electron chi connectivity index (χ3n) is 5.00. The molecule has 0 saturated carbocycles. The molecule has 9 heteroatoms. The van der Waals surface area contributed by atoms with Crippen molar-refractivity contribution in [2.45, 2.75) is 32.8 Å². The number of benzene rings is 1. The highest BCUT2D eigenvalue weighted by Gasteiger charge is 2.31. The molecule has 0 saturated heterocycles. The van der Waals surface area contributed by atoms with Gasteiger partial charge in [-0.2, -0.15) is 0 Å². The summed E-state index contributed by atoms with van der Waals surface area (Å²) < 4.78 is 42.9. The number of nitrogens with zero attached hydrogens (tertiary/aromatic N) is 4. The van der Waals surface area contributed by atoms with Gasteiger partial charge in [-0.3, -0.25) is 4.90 Å². The molecule has 0 amide bonds. The minimum atomic E-state index is -4.69. The van der Waals surface area contributed by atoms with Crippen molar-refractivity contribution in [3.05, 3.63) is 53.4 Å². The van der Waals surface area contributed by atoms with E-state index in [9.17, 15) is 13.2 Å². The van der Waals surface area contributed by atoms with Crippen LogP contribution in [0, 0.1) is 6.92 Å². The summed E-state index contributed by atoms with van der Waals surface area (Å²) in [5.74, 6) is 0.499. The number of nitrogens with one attached hydrogen (secondary N) is 1. The predicted molar refractivity (Wildman–Crippen MR) is 96.5 cm³/mol. The first-order valence-corrected chi connectivity index (χ1v) is 8.92. The number of ether oxygens (including phenoxy) is 1. The second-order valence-corrected chi connectivity index (χ2v) is 6.89. The van der Waals surface area contributed by atoms with Crippen LogP contribution in [0.2, 0.25) is 0 Å². The molecule has 3 heterocycles. The van der Waals surface area contributed by atoms with Crippen molar-refractivity contribution in [1.29, 1.82) is 0 Å². The maximum absolute atomic E-state index is 12.3. The summed E-state index contributed by atoms with van der Waals surface area (Å²) >= 11 is 0. The van der Waals surface area contributed by atoms with Gasteiger partial charge in [0.2, 0.25) is 0 Å². The van der Waals surface area contributed by atoms with E-state index < -0.39 is 6.36 Å². The molecule has 0 fully saturated rings. The summed E-state index contributed by atoms with van der Waals surface area (Å²) in [4.78, 5) is 14.5. The minimum absolute atomic E-state index is 0.240. The van der Waals surface area contributed by atoms with Crippen LogP contribution >= 0.6 is 0 Å². The highest BCUT2D eigenvalue weighted by atomic mass is 19.4. The summed E-state index contributed by atoms with van der Waals surface area (Å²) in [5, 5.41) is 0. The molecule has 6 nitrogen and oxygen atoms in total. The topological polar surface area (TPSA) is 59.0 Å². The van der Waals surface area contributed by atoms with Crippen LogP contribution in [-0.2, 0) is 26.6 Å². The molecule has 0 spiro atoms. The fourth-order valence-corrected chi connectivity index (χ4v) is 3.51. The first-order valence-electron chi connectivity index (χ1n) is 8.92. The normalized spacial score (nSPS) is 14.9. The number of hydrogen-bond donors (Lipinski definition) is 1. The van der Waals surface area contributed by atoms with Crippen molar-refractivity contribution < 1.29 is 17.9 Å². The van der Waals surface area contributed by atoms with Crippen LogP contribution in [0.4, 0.5) is 13.2 Å². The van der Waals surface area contributed by atoms with Crippen molar-refractivity contribution in [1.82, 2.24) is 24.4 Å². The van der Waals surface area contributed by atoms with Gasteiger partial charge in [-0.05, 0) is 31.2 Å². The van der Waals surface area contributed by atoms with Gasteiger partial charge in [0, 0.05) is 38.7 Å². The van der Waals surface area contributed by atoms with E-state index in [0.29, 0.717) is 0 Å². The van der Waals surface area contributed by atoms with E-state index in [4.69, 9.17) is 4.98 Å². The Morgan fingerprint density at radius 1 is 1.21 bits per heavy atom. The quantitative estimate of drug-likeness (QED) is 0.739. The third kappa shape index (κ3) is 3.75. The number of fused-ring (bicyclic) bond motifs is 1. The molecule has 0 bridgehead atoms. The number of alkyl halides is 3. The number of H-pyrrole nitrogens is 1. The van der Waals surface area contributed by atoms with Crippen molar-refractivity contribution in [3.8, 4) is 17.1 Å². The molecule has 3 aromatic rings. The van der Waals surface area contributed by atoms with E-state index in [1.54, 1.807) is 18.5 Å². The summed E-state index contributed by atoms with van der Waals surface area (Å²) in [6, 6.07) is 5.81. The van der Waals surface area contributed by atoms with E-state index in [-0.39, 0.29) is 5.75 Å². The van der Waals surface area contributed by atoms with Crippen LogP contribution in [0.1, 0.15) is 22.8 Å². The number of imidazole rings is 2. The van der Waals surface area contributed by atoms with E-state index >= 15 is 0 Å². The molecule has 0 radical (unpaired) electrons. The second kappa shape index (κ2) is 6.97. The number of aromatic nitrogens is 4. The standard InChI is InChI=1S/C19H20F3N5O/c1-12-16(24-11-23-12)9-27-8-7-15-17(10-27)26(2)18(25-15)13-3-5-14(6-4-13)28-19(20,21)22/h3-6,11H,7-10H2,1-2H3,(H,23,24). The van der Waals surface area contributed by atoms with Crippen LogP contribution < -0.4 is 4.74 Å². The molecule has 148 valence electrons. The SMILES string of the molecule is Cc1nc[nH]c1CN1CCc2nc(-c3ccc(OC(F)(F)F)cc3)n(C)c2C1. The number of aryl methyl sites for hydroxylation is 1. The molecule has 1 aliphatic rings. The molecular formula is C19H20F3N5O. The van der Waals surface area contributed by atoms with Crippen LogP contribution in [0.5, 0.6) is 5.75 Å². The monoisotopic (exact) mass is 391 g/mol. The van der Waals surface area contributed by atoms with Gasteiger partial charge >= 0.3 is 6.36 Å². The average molecular weight is 391 g/mol. The highest BCUT2D eigenvalue weighted by Crippen LogP contribution is 2.29. The first kappa shape index (κ1) is 18.5. The number of halogens is 3. The number of hydrogen-bond acceptors (Lipinski definition) is 4. The lowest BCUT2D eigenvalue weighted by Crippen LogP contribution is -2.31. The molecule has 2 aromatic heterocycles. The Hall–Kier alpha value is -2.81. The Morgan fingerprint density at radius 2 is 1.96 bits per heavy atom. The predicted octanol–water partition coefficient (Wildman–Crippen LogP) is 3.58. The van der Waals surface area contributed by atoms with Crippen LogP contribution in [0.15, 0.2) is 30.6 Å². The van der Waals surface area contributed by atoms with Crippen LogP contribution in [0.25, 0.3) is 11.4 Å². The zero-order chi connectivity index (χ0) is 19.9. The van der Waals surface area contributed by atoms with E-state index in [0.717, 1.165) is 60.2 Å². The van der Waals surface area contributed by atoms with Gasteiger partial charge in [-0.1, -0.05) is 0 Å². The van der Waals surface area contributed by atoms with Gasteiger partial charge < -0.3 is 14.3 Å². The largest absolute Gasteiger partial charge is 0.573 e. The van der Waals surface area contributed by atoms with Crippen molar-refractivity contribution in [2.24, 2.45) is 7.05 Å². The molecule has 0 aliphatic carbocycles. The minimum Gasteiger partial charge on any atom is -0.406 e. The lowest BCUT2D eigenvalue weighted by molar-refractivity contribution is -0.274. The molecular weight excluding hydrogens is 371 g/mol. The number of aromatic amines is 1. The zero-order valence-electron chi connectivity index (χ0n) is 15.5. The van der Waals surface area contributed by atoms with Gasteiger partial charge in [-0.15, -0.1) is 13.2 Å². The average Bonchev–Trinajstić information content (AvgIpc) is 3.18. The molecule has 0 atom stereocenters. The Balaban J connectivity index is 1.53. The van der Waals surface area contributed by atoms with Gasteiger partial charge in [0.1, 0.15) is 11.6 Å². The highest BCUT2D eigenvalue weighted by molar-refractivity contribution is 5.58. The molecule has 1 N–H and O–H groups in total. The lowest BCUT2D eigenvalue weighted by atomic mass is 10.1. The van der Waals surface area contributed by atoms with Gasteiger partial charge in [0.25, 0.3) is 0 Å². The van der Waals surface area contributed by atoms with Gasteiger partial charge in [0.05, 0.1) is 29.1 Å². The van der Waals surface area contributed by atoms with Crippen molar-refractivity contribution >= 4 is 0 Å². The van der Waals surface area contributed by atoms with Crippen molar-refractivity contribution in [2.75, 3.05) is 6.54 Å². The second-order valence-electron chi connectivity index (χ2n) is 6.89. The molecule has 0 unspecified atom stereocenters. The lowest BCUT2D eigenvalue weighted by Gasteiger charge is -2.26. The summed E-state index contributed by atoms with van der Waals surface area (Å²) in [6.07, 6.45) is -2.17. The van der Waals surface area contributed by atoms with Gasteiger partial charge in [0.15, 0.2) is 0 Å². The molecule has 28 heavy (non-hydrogen) atoms. The Kier molecular flexibility index (Phi) is 4.62. The van der Waals surface area contributed by atoms with E-state index in [1.165, 1.54) is 12.1 Å².